The summed E-state index contributed by atoms with van der Waals surface area (Å²) in [7, 11) is 0. The van der Waals surface area contributed by atoms with Gasteiger partial charge in [-0.1, -0.05) is 24.3 Å². The number of ether oxygens (including phenoxy) is 1. The van der Waals surface area contributed by atoms with Crippen molar-refractivity contribution in [3.63, 3.8) is 0 Å². The lowest BCUT2D eigenvalue weighted by molar-refractivity contribution is 0.340. The van der Waals surface area contributed by atoms with E-state index in [9.17, 15) is 0 Å². The van der Waals surface area contributed by atoms with E-state index in [-0.39, 0.29) is 12.1 Å². The van der Waals surface area contributed by atoms with Gasteiger partial charge in [-0.05, 0) is 79.8 Å². The lowest BCUT2D eigenvalue weighted by atomic mass is 10.0. The normalized spacial score (nSPS) is 17.9. The maximum Gasteiger partial charge on any atom is 0.174 e. The molecule has 0 spiro atoms. The van der Waals surface area contributed by atoms with Gasteiger partial charge in [0, 0.05) is 17.4 Å². The van der Waals surface area contributed by atoms with Gasteiger partial charge >= 0.3 is 0 Å². The SMILES string of the molecule is CCOc1ccc(-c2ccc([C@@H]3[C@H](c4ccccn4)NC(=S)N3c3ccccc3)o2)cc1. The second-order valence-electron chi connectivity index (χ2n) is 7.49. The van der Waals surface area contributed by atoms with Crippen molar-refractivity contribution >= 4 is 23.0 Å². The van der Waals surface area contributed by atoms with Gasteiger partial charge in [0.2, 0.25) is 0 Å². The smallest absolute Gasteiger partial charge is 0.174 e. The number of nitrogens with one attached hydrogen (secondary N) is 1. The minimum Gasteiger partial charge on any atom is -0.494 e. The second-order valence-corrected chi connectivity index (χ2v) is 7.88. The standard InChI is InChI=1S/C26H23N3O2S/c1-2-30-20-13-11-18(12-14-20)22-15-16-23(31-22)25-24(21-10-6-7-17-27-21)28-26(32)29(25)19-8-4-3-5-9-19/h3-17,24-25H,2H2,1H3,(H,28,32)/t24-,25+/m0/s1. The van der Waals surface area contributed by atoms with Crippen molar-refractivity contribution in [3.05, 3.63) is 103 Å². The monoisotopic (exact) mass is 441 g/mol. The number of hydrogen-bond donors (Lipinski definition) is 1. The molecule has 0 amide bonds. The molecule has 3 heterocycles. The number of nitrogens with zero attached hydrogens (tertiary/aromatic N) is 2. The number of furan rings is 1. The highest BCUT2D eigenvalue weighted by Crippen LogP contribution is 2.42. The molecule has 2 atom stereocenters. The molecule has 5 rings (SSSR count). The van der Waals surface area contributed by atoms with Gasteiger partial charge < -0.3 is 19.4 Å². The summed E-state index contributed by atoms with van der Waals surface area (Å²) in [6, 6.07) is 27.7. The zero-order chi connectivity index (χ0) is 21.9. The molecule has 0 unspecified atom stereocenters. The molecule has 5 nitrogen and oxygen atoms in total. The second kappa shape index (κ2) is 8.85. The molecule has 32 heavy (non-hydrogen) atoms. The van der Waals surface area contributed by atoms with Gasteiger partial charge in [-0.2, -0.15) is 0 Å². The Labute approximate surface area is 192 Å². The van der Waals surface area contributed by atoms with Crippen LogP contribution in [0, 0.1) is 0 Å². The van der Waals surface area contributed by atoms with Crippen molar-refractivity contribution in [1.82, 2.24) is 10.3 Å². The topological polar surface area (TPSA) is 50.5 Å². The Morgan fingerprint density at radius 1 is 0.969 bits per heavy atom. The van der Waals surface area contributed by atoms with E-state index < -0.39 is 0 Å². The summed E-state index contributed by atoms with van der Waals surface area (Å²) in [5.41, 5.74) is 2.92. The Bertz CT molecular complexity index is 1190. The fourth-order valence-electron chi connectivity index (χ4n) is 4.06. The molecule has 1 fully saturated rings. The molecule has 4 aromatic rings. The summed E-state index contributed by atoms with van der Waals surface area (Å²) >= 11 is 5.75. The number of anilines is 1. The van der Waals surface area contributed by atoms with Gasteiger partial charge in [0.25, 0.3) is 0 Å². The third-order valence-electron chi connectivity index (χ3n) is 5.50. The van der Waals surface area contributed by atoms with Gasteiger partial charge in [0.1, 0.15) is 23.3 Å². The van der Waals surface area contributed by atoms with E-state index in [0.29, 0.717) is 11.7 Å². The summed E-state index contributed by atoms with van der Waals surface area (Å²) in [5.74, 6) is 2.47. The summed E-state index contributed by atoms with van der Waals surface area (Å²) in [5, 5.41) is 4.11. The van der Waals surface area contributed by atoms with Crippen LogP contribution in [0.1, 0.15) is 30.5 Å². The van der Waals surface area contributed by atoms with E-state index in [2.05, 4.69) is 27.3 Å². The first-order valence-electron chi connectivity index (χ1n) is 10.6. The molecule has 1 aliphatic heterocycles. The minimum atomic E-state index is -0.170. The molecule has 1 aliphatic rings. The van der Waals surface area contributed by atoms with E-state index in [1.165, 1.54) is 0 Å². The highest BCUT2D eigenvalue weighted by Gasteiger charge is 2.42. The van der Waals surface area contributed by atoms with E-state index >= 15 is 0 Å². The number of aromatic nitrogens is 1. The summed E-state index contributed by atoms with van der Waals surface area (Å²) in [4.78, 5) is 6.69. The summed E-state index contributed by atoms with van der Waals surface area (Å²) in [6.45, 7) is 2.62. The van der Waals surface area contributed by atoms with Crippen LogP contribution in [0.2, 0.25) is 0 Å². The predicted octanol–water partition coefficient (Wildman–Crippen LogP) is 5.92. The lowest BCUT2D eigenvalue weighted by Gasteiger charge is -2.26. The van der Waals surface area contributed by atoms with Crippen molar-refractivity contribution < 1.29 is 9.15 Å². The van der Waals surface area contributed by atoms with E-state index in [0.717, 1.165) is 34.2 Å². The molecular weight excluding hydrogens is 418 g/mol. The van der Waals surface area contributed by atoms with Crippen molar-refractivity contribution in [3.8, 4) is 17.1 Å². The number of thiocarbonyl (C=S) groups is 1. The van der Waals surface area contributed by atoms with Gasteiger partial charge in [-0.25, -0.2) is 0 Å². The van der Waals surface area contributed by atoms with Crippen molar-refractivity contribution in [2.24, 2.45) is 0 Å². The Morgan fingerprint density at radius 3 is 2.47 bits per heavy atom. The number of benzene rings is 2. The Morgan fingerprint density at radius 2 is 1.75 bits per heavy atom. The van der Waals surface area contributed by atoms with Gasteiger partial charge in [-0.15, -0.1) is 0 Å². The van der Waals surface area contributed by atoms with Crippen LogP contribution in [0.25, 0.3) is 11.3 Å². The van der Waals surface area contributed by atoms with E-state index in [4.69, 9.17) is 21.4 Å². The molecule has 0 aliphatic carbocycles. The van der Waals surface area contributed by atoms with E-state index in [1.54, 1.807) is 6.20 Å². The molecule has 2 aromatic heterocycles. The van der Waals surface area contributed by atoms with Crippen molar-refractivity contribution in [1.29, 1.82) is 0 Å². The van der Waals surface area contributed by atoms with Crippen LogP contribution in [0.3, 0.4) is 0 Å². The van der Waals surface area contributed by atoms with Crippen LogP contribution < -0.4 is 15.0 Å². The zero-order valence-electron chi connectivity index (χ0n) is 17.6. The van der Waals surface area contributed by atoms with Crippen LogP contribution in [0.5, 0.6) is 5.75 Å². The molecule has 0 saturated carbocycles. The highest BCUT2D eigenvalue weighted by atomic mass is 32.1. The quantitative estimate of drug-likeness (QED) is 0.375. The van der Waals surface area contributed by atoms with Crippen LogP contribution in [-0.4, -0.2) is 16.7 Å². The van der Waals surface area contributed by atoms with Gasteiger partial charge in [-0.3, -0.25) is 4.98 Å². The van der Waals surface area contributed by atoms with Crippen LogP contribution in [0.4, 0.5) is 5.69 Å². The molecule has 0 radical (unpaired) electrons. The molecule has 0 bridgehead atoms. The predicted molar refractivity (Wildman–Crippen MR) is 130 cm³/mol. The van der Waals surface area contributed by atoms with E-state index in [1.807, 2.05) is 79.7 Å². The Hall–Kier alpha value is -3.64. The molecule has 2 aromatic carbocycles. The van der Waals surface area contributed by atoms with Crippen LogP contribution >= 0.6 is 12.2 Å². The molecule has 1 saturated heterocycles. The first kappa shape index (κ1) is 20.3. The maximum atomic E-state index is 6.40. The van der Waals surface area contributed by atoms with Gasteiger partial charge in [0.15, 0.2) is 5.11 Å². The lowest BCUT2D eigenvalue weighted by Crippen LogP contribution is -2.29. The highest BCUT2D eigenvalue weighted by molar-refractivity contribution is 7.80. The molecular formula is C26H23N3O2S. The average Bonchev–Trinajstić information content (AvgIpc) is 3.45. The molecule has 1 N–H and O–H groups in total. The van der Waals surface area contributed by atoms with Gasteiger partial charge in [0.05, 0.1) is 18.3 Å². The summed E-state index contributed by atoms with van der Waals surface area (Å²) in [6.07, 6.45) is 1.80. The average molecular weight is 442 g/mol. The fraction of sp³-hybridized carbons (Fsp3) is 0.154. The Kier molecular flexibility index (Phi) is 5.60. The first-order valence-corrected chi connectivity index (χ1v) is 11.0. The minimum absolute atomic E-state index is 0.136. The maximum absolute atomic E-state index is 6.40. The fourth-order valence-corrected chi connectivity index (χ4v) is 4.41. The van der Waals surface area contributed by atoms with Crippen molar-refractivity contribution in [2.75, 3.05) is 11.5 Å². The number of hydrogen-bond acceptors (Lipinski definition) is 4. The number of rotatable bonds is 6. The van der Waals surface area contributed by atoms with Crippen molar-refractivity contribution in [2.45, 2.75) is 19.0 Å². The number of pyridine rings is 1. The zero-order valence-corrected chi connectivity index (χ0v) is 18.5. The molecule has 6 heteroatoms. The summed E-state index contributed by atoms with van der Waals surface area (Å²) < 4.78 is 11.9. The first-order chi connectivity index (χ1) is 15.7. The third kappa shape index (κ3) is 3.85. The number of para-hydroxylation sites is 1. The van der Waals surface area contributed by atoms with Crippen LogP contribution in [0.15, 0.2) is 95.5 Å². The molecule has 160 valence electrons. The van der Waals surface area contributed by atoms with Crippen LogP contribution in [-0.2, 0) is 0 Å². The largest absolute Gasteiger partial charge is 0.494 e. The Balaban J connectivity index is 1.54. The third-order valence-corrected chi connectivity index (χ3v) is 5.82.